The van der Waals surface area contributed by atoms with Crippen LogP contribution < -0.4 is 23.7 Å². The van der Waals surface area contributed by atoms with Gasteiger partial charge in [0.1, 0.15) is 31.0 Å². The van der Waals surface area contributed by atoms with E-state index in [0.717, 1.165) is 5.56 Å². The molecule has 5 aliphatic rings. The zero-order valence-electron chi connectivity index (χ0n) is 29.7. The number of esters is 1. The molecule has 260 valence electrons. The molecule has 2 N–H and O–H groups in total. The van der Waals surface area contributed by atoms with E-state index in [1.54, 1.807) is 25.1 Å². The van der Waals surface area contributed by atoms with Crippen LogP contribution in [0.25, 0.3) is 0 Å². The van der Waals surface area contributed by atoms with E-state index in [4.69, 9.17) is 51.5 Å². The molecular formula is C36H38O13. The van der Waals surface area contributed by atoms with Gasteiger partial charge in [-0.25, -0.2) is 0 Å². The second kappa shape index (κ2) is 13.0. The fourth-order valence-corrected chi connectivity index (χ4v) is 7.52. The minimum atomic E-state index is -2.85. The Hall–Kier alpha value is -4.11. The topological polar surface area (TPSA) is 150 Å². The number of aliphatic hydroxyl groups excluding tert-OH is 2. The Bertz CT molecular complexity index is 1800. The van der Waals surface area contributed by atoms with E-state index in [0.29, 0.717) is 28.2 Å². The first-order chi connectivity index (χ1) is 25.0. The number of aliphatic hydroxyl groups is 2. The van der Waals surface area contributed by atoms with E-state index in [1.165, 1.54) is 13.2 Å². The van der Waals surface area contributed by atoms with Crippen LogP contribution in [0.2, 0.25) is 0 Å². The molecule has 13 nitrogen and oxygen atoms in total. The molecule has 1 aliphatic carbocycles. The predicted molar refractivity (Wildman–Crippen MR) is 167 cm³/mol. The van der Waals surface area contributed by atoms with Crippen molar-refractivity contribution in [2.45, 2.75) is 62.5 Å². The highest BCUT2D eigenvalue weighted by molar-refractivity contribution is 5.79. The minimum absolute atomic E-state index is 0.0285. The summed E-state index contributed by atoms with van der Waals surface area (Å²) in [5.74, 6) is -1.72. The van der Waals surface area contributed by atoms with Crippen LogP contribution in [-0.4, -0.2) is 87.3 Å². The van der Waals surface area contributed by atoms with E-state index < -0.39 is 73.9 Å². The SMILES string of the molecule is [2H]C([2H])([2H])Oc1cc([C@H]2c3cc4c(cc3C(OC3OC5COC(C)OC5C(O)C3O)C3COC(=O)[C@H]32)OCO4)cc(OC)c1OCc1ccccc1. The van der Waals surface area contributed by atoms with Crippen LogP contribution in [0.1, 0.15) is 45.3 Å². The summed E-state index contributed by atoms with van der Waals surface area (Å²) in [6.07, 6.45) is -7.20. The van der Waals surface area contributed by atoms with Crippen LogP contribution in [-0.2, 0) is 35.1 Å². The van der Waals surface area contributed by atoms with Gasteiger partial charge in [0.25, 0.3) is 0 Å². The largest absolute Gasteiger partial charge is 0.493 e. The number of carbonyl (C=O) groups is 1. The monoisotopic (exact) mass is 681 g/mol. The van der Waals surface area contributed by atoms with Crippen molar-refractivity contribution in [3.8, 4) is 28.7 Å². The lowest BCUT2D eigenvalue weighted by Gasteiger charge is -2.47. The minimum Gasteiger partial charge on any atom is -0.493 e. The summed E-state index contributed by atoms with van der Waals surface area (Å²) in [7, 11) is -1.43. The molecule has 4 heterocycles. The number of benzene rings is 3. The zero-order chi connectivity index (χ0) is 36.3. The van der Waals surface area contributed by atoms with Gasteiger partial charge in [0, 0.05) is 11.8 Å². The molecule has 4 aliphatic heterocycles. The lowest BCUT2D eigenvalue weighted by Crippen LogP contribution is -2.63. The smallest absolute Gasteiger partial charge is 0.310 e. The van der Waals surface area contributed by atoms with Gasteiger partial charge in [-0.1, -0.05) is 30.3 Å². The molecule has 0 saturated carbocycles. The summed E-state index contributed by atoms with van der Waals surface area (Å²) in [5, 5.41) is 22.2. The van der Waals surface area contributed by atoms with Gasteiger partial charge in [-0.05, 0) is 53.4 Å². The number of fused-ring (bicyclic) bond motifs is 4. The first kappa shape index (κ1) is 28.7. The standard InChI is InChI=1S/C36H38O13/c1-17-42-15-27-34(47-17)30(37)31(38)36(48-27)49-32-21-12-24-23(45-16-46-24)11-20(21)28(29-22(32)14-44-35(29)39)19-9-25(40-2)33(26(10-19)41-3)43-13-18-7-5-4-6-8-18/h4-12,17,22,27-32,34,36-38H,13-16H2,1-3H3/t17?,22?,27?,28-,29+,30?,31?,32?,34?,36?/m0/s1/i2D3. The quantitative estimate of drug-likeness (QED) is 0.336. The van der Waals surface area contributed by atoms with Crippen LogP contribution >= 0.6 is 0 Å². The molecule has 10 atom stereocenters. The molecule has 0 spiro atoms. The van der Waals surface area contributed by atoms with Crippen molar-refractivity contribution in [1.29, 1.82) is 0 Å². The number of ether oxygens (including phenoxy) is 10. The van der Waals surface area contributed by atoms with Crippen molar-refractivity contribution in [3.05, 3.63) is 76.9 Å². The van der Waals surface area contributed by atoms with Crippen LogP contribution in [0.5, 0.6) is 28.7 Å². The maximum atomic E-state index is 13.7. The Labute approximate surface area is 286 Å². The summed E-state index contributed by atoms with van der Waals surface area (Å²) in [4.78, 5) is 13.7. The third kappa shape index (κ3) is 5.64. The van der Waals surface area contributed by atoms with Crippen LogP contribution in [0.3, 0.4) is 0 Å². The average molecular weight is 682 g/mol. The van der Waals surface area contributed by atoms with E-state index in [1.807, 2.05) is 30.3 Å². The van der Waals surface area contributed by atoms with Gasteiger partial charge in [0.15, 0.2) is 35.6 Å². The normalized spacial score (nSPS) is 34.0. The number of rotatable bonds is 8. The molecule has 8 unspecified atom stereocenters. The lowest BCUT2D eigenvalue weighted by molar-refractivity contribution is -0.364. The van der Waals surface area contributed by atoms with Crippen LogP contribution in [0.4, 0.5) is 0 Å². The number of hydrogen-bond acceptors (Lipinski definition) is 13. The molecule has 49 heavy (non-hydrogen) atoms. The molecule has 13 heteroatoms. The average Bonchev–Trinajstić information content (AvgIpc) is 3.75. The Morgan fingerprint density at radius 1 is 0.918 bits per heavy atom. The summed E-state index contributed by atoms with van der Waals surface area (Å²) < 4.78 is 82.2. The van der Waals surface area contributed by atoms with Crippen LogP contribution in [0.15, 0.2) is 54.6 Å². The number of methoxy groups -OCH3 is 2. The second-order valence-corrected chi connectivity index (χ2v) is 12.6. The highest BCUT2D eigenvalue weighted by Crippen LogP contribution is 2.57. The number of hydrogen-bond donors (Lipinski definition) is 2. The lowest BCUT2D eigenvalue weighted by atomic mass is 9.66. The van der Waals surface area contributed by atoms with Crippen molar-refractivity contribution in [1.82, 2.24) is 0 Å². The fraction of sp³-hybridized carbons (Fsp3) is 0.472. The predicted octanol–water partition coefficient (Wildman–Crippen LogP) is 3.21. The first-order valence-corrected chi connectivity index (χ1v) is 16.1. The molecule has 0 bridgehead atoms. The van der Waals surface area contributed by atoms with E-state index in [-0.39, 0.29) is 43.9 Å². The van der Waals surface area contributed by atoms with Gasteiger partial charge in [-0.2, -0.15) is 0 Å². The van der Waals surface area contributed by atoms with Gasteiger partial charge in [0.2, 0.25) is 12.5 Å². The van der Waals surface area contributed by atoms with Gasteiger partial charge in [-0.15, -0.1) is 0 Å². The molecular weight excluding hydrogens is 640 g/mol. The Balaban J connectivity index is 1.21. The van der Waals surface area contributed by atoms with Gasteiger partial charge in [-0.3, -0.25) is 4.79 Å². The summed E-state index contributed by atoms with van der Waals surface area (Å²) >= 11 is 0. The van der Waals surface area contributed by atoms with E-state index in [2.05, 4.69) is 0 Å². The van der Waals surface area contributed by atoms with Crippen molar-refractivity contribution < 1.29 is 66.5 Å². The third-order valence-corrected chi connectivity index (χ3v) is 9.84. The van der Waals surface area contributed by atoms with E-state index >= 15 is 0 Å². The molecule has 3 saturated heterocycles. The highest BCUT2D eigenvalue weighted by Gasteiger charge is 2.56. The zero-order valence-corrected chi connectivity index (χ0v) is 26.7. The van der Waals surface area contributed by atoms with Crippen LogP contribution in [0, 0.1) is 11.8 Å². The van der Waals surface area contributed by atoms with Crippen molar-refractivity contribution in [3.63, 3.8) is 0 Å². The maximum Gasteiger partial charge on any atom is 0.310 e. The van der Waals surface area contributed by atoms with Gasteiger partial charge < -0.3 is 57.6 Å². The van der Waals surface area contributed by atoms with Crippen molar-refractivity contribution in [2.75, 3.05) is 34.2 Å². The first-order valence-electron chi connectivity index (χ1n) is 17.6. The second-order valence-electron chi connectivity index (χ2n) is 12.6. The molecule has 8 rings (SSSR count). The number of cyclic esters (lactones) is 1. The Morgan fingerprint density at radius 3 is 2.43 bits per heavy atom. The van der Waals surface area contributed by atoms with Crippen molar-refractivity contribution >= 4 is 5.97 Å². The van der Waals surface area contributed by atoms with E-state index in [9.17, 15) is 15.0 Å². The Morgan fingerprint density at radius 2 is 1.67 bits per heavy atom. The molecule has 3 aromatic rings. The van der Waals surface area contributed by atoms with Gasteiger partial charge >= 0.3 is 5.97 Å². The molecule has 0 amide bonds. The molecule has 0 aromatic heterocycles. The summed E-state index contributed by atoms with van der Waals surface area (Å²) in [6.45, 7) is 1.84. The maximum absolute atomic E-state index is 13.7. The Kier molecular flexibility index (Phi) is 7.60. The third-order valence-electron chi connectivity index (χ3n) is 9.84. The van der Waals surface area contributed by atoms with Gasteiger partial charge in [0.05, 0.1) is 43.5 Å². The molecule has 0 radical (unpaired) electrons. The number of carbonyl (C=O) groups excluding carboxylic acids is 1. The summed E-state index contributed by atoms with van der Waals surface area (Å²) in [5.41, 5.74) is 2.50. The fourth-order valence-electron chi connectivity index (χ4n) is 7.52. The molecule has 3 aromatic carbocycles. The highest BCUT2D eigenvalue weighted by atomic mass is 16.8. The summed E-state index contributed by atoms with van der Waals surface area (Å²) in [6, 6.07) is 16.1. The molecule has 3 fully saturated rings. The van der Waals surface area contributed by atoms with Crippen molar-refractivity contribution in [2.24, 2.45) is 11.8 Å².